The lowest BCUT2D eigenvalue weighted by atomic mass is 10.1. The third-order valence-electron chi connectivity index (χ3n) is 6.08. The number of fused-ring (bicyclic) bond motifs is 1. The highest BCUT2D eigenvalue weighted by atomic mass is 35.5. The largest absolute Gasteiger partial charge is 0.480 e. The average molecular weight is 551 g/mol. The summed E-state index contributed by atoms with van der Waals surface area (Å²) < 4.78 is 41.9. The molecule has 1 saturated heterocycles. The van der Waals surface area contributed by atoms with Gasteiger partial charge in [0.2, 0.25) is 0 Å². The number of carbonyl (C=O) groups excluding carboxylic acids is 1. The van der Waals surface area contributed by atoms with Gasteiger partial charge >= 0.3 is 12.1 Å². The smallest absolute Gasteiger partial charge is 0.416 e. The van der Waals surface area contributed by atoms with Gasteiger partial charge in [0.15, 0.2) is 5.17 Å². The Morgan fingerprint density at radius 2 is 2.03 bits per heavy atom. The number of alkyl halides is 3. The Hall–Kier alpha value is -3.35. The van der Waals surface area contributed by atoms with Crippen LogP contribution in [0.15, 0.2) is 52.5 Å². The predicted octanol–water partition coefficient (Wildman–Crippen LogP) is 4.25. The van der Waals surface area contributed by atoms with Crippen molar-refractivity contribution in [2.24, 2.45) is 4.99 Å². The van der Waals surface area contributed by atoms with E-state index in [1.165, 1.54) is 27.9 Å². The first-order valence-corrected chi connectivity index (χ1v) is 12.2. The fourth-order valence-electron chi connectivity index (χ4n) is 4.36. The van der Waals surface area contributed by atoms with Gasteiger partial charge < -0.3 is 15.1 Å². The number of nitrogens with zero attached hydrogens (tertiary/aromatic N) is 4. The molecule has 192 valence electrons. The van der Waals surface area contributed by atoms with E-state index in [1.807, 2.05) is 0 Å². The fourth-order valence-corrected chi connectivity index (χ4v) is 5.51. The number of aliphatic hydroxyl groups excluding tert-OH is 1. The molecule has 0 bridgehead atoms. The van der Waals surface area contributed by atoms with Crippen molar-refractivity contribution in [3.63, 3.8) is 0 Å². The first kappa shape index (κ1) is 25.3. The predicted molar refractivity (Wildman–Crippen MR) is 132 cm³/mol. The molecule has 3 heterocycles. The lowest BCUT2D eigenvalue weighted by Crippen LogP contribution is -2.38. The Balaban J connectivity index is 1.37. The molecule has 8 nitrogen and oxygen atoms in total. The van der Waals surface area contributed by atoms with Crippen molar-refractivity contribution in [1.82, 2.24) is 14.7 Å². The maximum Gasteiger partial charge on any atom is 0.416 e. The highest BCUT2D eigenvalue weighted by Crippen LogP contribution is 2.36. The van der Waals surface area contributed by atoms with Gasteiger partial charge in [0.25, 0.3) is 5.91 Å². The van der Waals surface area contributed by atoms with Crippen LogP contribution < -0.4 is 0 Å². The summed E-state index contributed by atoms with van der Waals surface area (Å²) in [5, 5.41) is 24.4. The van der Waals surface area contributed by atoms with E-state index in [9.17, 15) is 33.0 Å². The number of likely N-dealkylation sites (tertiary alicyclic amines) is 1. The zero-order valence-corrected chi connectivity index (χ0v) is 20.4. The Labute approximate surface area is 217 Å². The van der Waals surface area contributed by atoms with Crippen LogP contribution in [0.1, 0.15) is 23.1 Å². The number of halogens is 4. The van der Waals surface area contributed by atoms with E-state index in [0.29, 0.717) is 16.5 Å². The second-order valence-electron chi connectivity index (χ2n) is 8.63. The van der Waals surface area contributed by atoms with Gasteiger partial charge in [-0.15, -0.1) is 0 Å². The highest BCUT2D eigenvalue weighted by molar-refractivity contribution is 8.18. The van der Waals surface area contributed by atoms with Crippen molar-refractivity contribution in [2.75, 3.05) is 6.54 Å². The molecule has 2 aliphatic heterocycles. The molecule has 2 aromatic carbocycles. The minimum Gasteiger partial charge on any atom is -0.480 e. The molecule has 2 aliphatic rings. The van der Waals surface area contributed by atoms with Gasteiger partial charge in [0, 0.05) is 23.4 Å². The van der Waals surface area contributed by atoms with E-state index in [1.54, 1.807) is 24.3 Å². The first-order valence-electron chi connectivity index (χ1n) is 11.0. The molecule has 2 atom stereocenters. The van der Waals surface area contributed by atoms with Crippen LogP contribution in [-0.2, 0) is 22.3 Å². The second-order valence-corrected chi connectivity index (χ2v) is 10.1. The zero-order chi connectivity index (χ0) is 26.5. The SMILES string of the molecule is O=C1N=C(N2C[C@H](O)CC2C(=O)O)SC1=Cc1ccc2c(cnn2Cc2ccc(Cl)cc2C(F)(F)F)c1. The number of benzene rings is 2. The van der Waals surface area contributed by atoms with Crippen LogP contribution >= 0.6 is 23.4 Å². The average Bonchev–Trinajstić information content (AvgIpc) is 3.51. The van der Waals surface area contributed by atoms with Gasteiger partial charge in [-0.3, -0.25) is 9.48 Å². The summed E-state index contributed by atoms with van der Waals surface area (Å²) in [5.74, 6) is -1.63. The summed E-state index contributed by atoms with van der Waals surface area (Å²) in [6, 6.07) is 7.79. The Kier molecular flexibility index (Phi) is 6.50. The van der Waals surface area contributed by atoms with Gasteiger partial charge in [-0.1, -0.05) is 23.7 Å². The first-order chi connectivity index (χ1) is 17.5. The van der Waals surface area contributed by atoms with E-state index in [0.717, 1.165) is 17.8 Å². The summed E-state index contributed by atoms with van der Waals surface area (Å²) in [5.41, 5.74) is 0.437. The number of carboxylic acids is 1. The number of amides is 1. The van der Waals surface area contributed by atoms with E-state index in [-0.39, 0.29) is 40.2 Å². The molecule has 5 rings (SSSR count). The third-order valence-corrected chi connectivity index (χ3v) is 7.34. The van der Waals surface area contributed by atoms with E-state index in [4.69, 9.17) is 11.6 Å². The normalized spacial score (nSPS) is 21.3. The number of carbonyl (C=O) groups is 2. The van der Waals surface area contributed by atoms with Gasteiger partial charge in [-0.25, -0.2) is 4.79 Å². The van der Waals surface area contributed by atoms with Crippen molar-refractivity contribution >= 4 is 57.4 Å². The summed E-state index contributed by atoms with van der Waals surface area (Å²) in [4.78, 5) is 29.6. The van der Waals surface area contributed by atoms with Crippen molar-refractivity contribution < 1.29 is 33.0 Å². The van der Waals surface area contributed by atoms with Gasteiger partial charge in [-0.2, -0.15) is 23.3 Å². The number of aliphatic carboxylic acids is 1. The molecule has 0 aliphatic carbocycles. The number of hydrogen-bond acceptors (Lipinski definition) is 6. The molecule has 1 aromatic heterocycles. The lowest BCUT2D eigenvalue weighted by Gasteiger charge is -2.21. The molecule has 13 heteroatoms. The summed E-state index contributed by atoms with van der Waals surface area (Å²) in [6.45, 7) is -0.0495. The van der Waals surface area contributed by atoms with E-state index in [2.05, 4.69) is 10.1 Å². The van der Waals surface area contributed by atoms with Gasteiger partial charge in [0.1, 0.15) is 6.04 Å². The molecule has 0 saturated carbocycles. The molecule has 3 aromatic rings. The Morgan fingerprint density at radius 1 is 1.24 bits per heavy atom. The number of β-amino-alcohol motifs (C(OH)–C–C–N with tert-alkyl or cyclic N) is 1. The van der Waals surface area contributed by atoms with Crippen LogP contribution in [0.5, 0.6) is 0 Å². The topological polar surface area (TPSA) is 108 Å². The molecule has 0 radical (unpaired) electrons. The van der Waals surface area contributed by atoms with Gasteiger partial charge in [-0.05, 0) is 53.2 Å². The molecule has 0 spiro atoms. The van der Waals surface area contributed by atoms with Gasteiger partial charge in [0.05, 0.1) is 34.8 Å². The number of carboxylic acid groups (broad SMARTS) is 1. The summed E-state index contributed by atoms with van der Waals surface area (Å²) in [6.07, 6.45) is -2.22. The fraction of sp³-hybridized carbons (Fsp3) is 0.250. The minimum absolute atomic E-state index is 0.00932. The minimum atomic E-state index is -4.56. The zero-order valence-electron chi connectivity index (χ0n) is 18.8. The highest BCUT2D eigenvalue weighted by Gasteiger charge is 2.40. The summed E-state index contributed by atoms with van der Waals surface area (Å²) in [7, 11) is 0. The Morgan fingerprint density at radius 3 is 2.76 bits per heavy atom. The van der Waals surface area contributed by atoms with Crippen LogP contribution in [0.3, 0.4) is 0 Å². The monoisotopic (exact) mass is 550 g/mol. The summed E-state index contributed by atoms with van der Waals surface area (Å²) >= 11 is 6.80. The molecular formula is C24H18ClF3N4O4S. The standard InChI is InChI=1S/C24H18ClF3N4O4S/c25-15-3-2-13(17(7-15)24(26,27)28)10-32-18-4-1-12(5-14(18)9-29-32)6-20-21(34)30-23(37-20)31-11-16(33)8-19(31)22(35)36/h1-7,9,16,19,33H,8,10-11H2,(H,35,36)/t16-,19?/m1/s1. The van der Waals surface area contributed by atoms with Crippen LogP contribution in [0.4, 0.5) is 13.2 Å². The van der Waals surface area contributed by atoms with Crippen molar-refractivity contribution in [3.05, 3.63) is 69.2 Å². The second kappa shape index (κ2) is 9.51. The number of aromatic nitrogens is 2. The van der Waals surface area contributed by atoms with Crippen molar-refractivity contribution in [1.29, 1.82) is 0 Å². The number of aliphatic hydroxyl groups is 1. The number of rotatable bonds is 4. The maximum atomic E-state index is 13.5. The molecule has 1 fully saturated rings. The molecule has 2 N–H and O–H groups in total. The molecule has 1 amide bonds. The molecular weight excluding hydrogens is 533 g/mol. The number of hydrogen-bond donors (Lipinski definition) is 2. The number of thioether (sulfide) groups is 1. The lowest BCUT2D eigenvalue weighted by molar-refractivity contribution is -0.141. The van der Waals surface area contributed by atoms with Crippen molar-refractivity contribution in [3.8, 4) is 0 Å². The number of amidine groups is 1. The van der Waals surface area contributed by atoms with Crippen LogP contribution in [0.2, 0.25) is 5.02 Å². The Bertz CT molecular complexity index is 1490. The van der Waals surface area contributed by atoms with Crippen LogP contribution in [0, 0.1) is 0 Å². The quantitative estimate of drug-likeness (QED) is 0.468. The van der Waals surface area contributed by atoms with E-state index < -0.39 is 35.8 Å². The maximum absolute atomic E-state index is 13.5. The van der Waals surface area contributed by atoms with Crippen LogP contribution in [0.25, 0.3) is 17.0 Å². The third kappa shape index (κ3) is 5.09. The number of aliphatic imine (C=N–C) groups is 1. The van der Waals surface area contributed by atoms with E-state index >= 15 is 0 Å². The molecule has 1 unspecified atom stereocenters. The molecule has 37 heavy (non-hydrogen) atoms. The van der Waals surface area contributed by atoms with Crippen molar-refractivity contribution in [2.45, 2.75) is 31.3 Å². The van der Waals surface area contributed by atoms with Crippen LogP contribution in [-0.4, -0.2) is 60.6 Å².